The number of methoxy groups -OCH3 is 1. The molecule has 0 saturated carbocycles. The van der Waals surface area contributed by atoms with Gasteiger partial charge in [-0.15, -0.1) is 10.2 Å². The van der Waals surface area contributed by atoms with E-state index < -0.39 is 0 Å². The van der Waals surface area contributed by atoms with Crippen molar-refractivity contribution in [3.63, 3.8) is 0 Å². The Hall–Kier alpha value is -1.57. The lowest BCUT2D eigenvalue weighted by molar-refractivity contribution is -0.139. The molecule has 21 heavy (non-hydrogen) atoms. The Morgan fingerprint density at radius 3 is 2.52 bits per heavy atom. The summed E-state index contributed by atoms with van der Waals surface area (Å²) < 4.78 is 6.65. The molecule has 1 rings (SSSR count). The Balaban J connectivity index is 2.91. The second kappa shape index (κ2) is 8.02. The fourth-order valence-electron chi connectivity index (χ4n) is 1.75. The number of amides is 1. The molecule has 0 bridgehead atoms. The van der Waals surface area contributed by atoms with E-state index in [1.165, 1.54) is 18.9 Å². The number of ether oxygens (including phenoxy) is 1. The van der Waals surface area contributed by atoms with Crippen LogP contribution in [0, 0.1) is 5.92 Å². The first kappa shape index (κ1) is 17.5. The van der Waals surface area contributed by atoms with E-state index >= 15 is 0 Å². The molecule has 1 heterocycles. The minimum absolute atomic E-state index is 0.230. The van der Waals surface area contributed by atoms with Crippen LogP contribution in [0.1, 0.15) is 33.0 Å². The van der Waals surface area contributed by atoms with E-state index in [1.54, 1.807) is 6.92 Å². The van der Waals surface area contributed by atoms with E-state index in [2.05, 4.69) is 24.0 Å². The van der Waals surface area contributed by atoms with E-state index in [9.17, 15) is 9.59 Å². The van der Waals surface area contributed by atoms with Crippen molar-refractivity contribution < 1.29 is 14.3 Å². The first-order chi connectivity index (χ1) is 9.85. The van der Waals surface area contributed by atoms with Gasteiger partial charge in [0.1, 0.15) is 11.1 Å². The van der Waals surface area contributed by atoms with Crippen LogP contribution in [0.4, 0.5) is 0 Å². The van der Waals surface area contributed by atoms with Crippen LogP contribution in [0.5, 0.6) is 0 Å². The summed E-state index contributed by atoms with van der Waals surface area (Å²) in [4.78, 5) is 22.4. The summed E-state index contributed by atoms with van der Waals surface area (Å²) in [7, 11) is 1.36. The predicted molar refractivity (Wildman–Crippen MR) is 79.7 cm³/mol. The number of rotatable bonds is 8. The molecule has 118 valence electrons. The average molecular weight is 314 g/mol. The molecule has 8 heteroatoms. The summed E-state index contributed by atoms with van der Waals surface area (Å²) in [6, 6.07) is 0. The maximum absolute atomic E-state index is 11.5. The van der Waals surface area contributed by atoms with E-state index in [0.29, 0.717) is 23.3 Å². The topological polar surface area (TPSA) is 100 Å². The summed E-state index contributed by atoms with van der Waals surface area (Å²) in [5, 5.41) is 8.52. The monoisotopic (exact) mass is 314 g/mol. The molecule has 0 aliphatic rings. The normalized spacial score (nSPS) is 12.4. The zero-order valence-electron chi connectivity index (χ0n) is 12.8. The fraction of sp³-hybridized carbons (Fsp3) is 0.692. The van der Waals surface area contributed by atoms with Gasteiger partial charge in [0.05, 0.1) is 7.11 Å². The molecule has 1 atom stereocenters. The Bertz CT molecular complexity index is 502. The molecular weight excluding hydrogens is 292 g/mol. The van der Waals surface area contributed by atoms with Gasteiger partial charge in [-0.2, -0.15) is 0 Å². The number of esters is 1. The quantitative estimate of drug-likeness (QED) is 0.567. The highest BCUT2D eigenvalue weighted by Gasteiger charge is 2.21. The molecule has 1 aromatic heterocycles. The number of carbonyl (C=O) groups is 2. The summed E-state index contributed by atoms with van der Waals surface area (Å²) in [6.45, 7) is 6.64. The molecule has 0 unspecified atom stereocenters. The Morgan fingerprint density at radius 1 is 1.33 bits per heavy atom. The molecule has 0 aliphatic carbocycles. The number of aryl methyl sites for hydroxylation is 1. The molecule has 2 N–H and O–H groups in total. The van der Waals surface area contributed by atoms with Gasteiger partial charge < -0.3 is 15.0 Å². The van der Waals surface area contributed by atoms with E-state index in [0.717, 1.165) is 6.54 Å². The zero-order chi connectivity index (χ0) is 16.0. The van der Waals surface area contributed by atoms with Crippen molar-refractivity contribution in [2.24, 2.45) is 11.7 Å². The third-order valence-electron chi connectivity index (χ3n) is 2.75. The number of nitrogens with two attached hydrogens (primary N) is 1. The number of primary amides is 1. The number of hydrogen-bond acceptors (Lipinski definition) is 6. The van der Waals surface area contributed by atoms with E-state index in [1.807, 2.05) is 4.57 Å². The lowest BCUT2D eigenvalue weighted by atomic mass is 10.2. The van der Waals surface area contributed by atoms with E-state index in [4.69, 9.17) is 10.5 Å². The first-order valence-electron chi connectivity index (χ1n) is 6.80. The van der Waals surface area contributed by atoms with E-state index in [-0.39, 0.29) is 23.5 Å². The standard InChI is InChI=1S/C13H22N4O3S/c1-8(2)7-17-11(6-5-10(14)18)15-16-13(17)21-9(3)12(19)20-4/h8-9H,5-7H2,1-4H3,(H2,14,18)/t9-/m0/s1. The molecule has 1 aromatic rings. The van der Waals surface area contributed by atoms with Gasteiger partial charge in [-0.25, -0.2) is 0 Å². The molecule has 0 aliphatic heterocycles. The number of thioether (sulfide) groups is 1. The van der Waals surface area contributed by atoms with Crippen LogP contribution in [0.25, 0.3) is 0 Å². The smallest absolute Gasteiger partial charge is 0.318 e. The van der Waals surface area contributed by atoms with Crippen LogP contribution in [-0.4, -0.2) is 39.0 Å². The van der Waals surface area contributed by atoms with Crippen molar-refractivity contribution >= 4 is 23.6 Å². The molecule has 0 fully saturated rings. The van der Waals surface area contributed by atoms with Crippen molar-refractivity contribution in [3.05, 3.63) is 5.82 Å². The SMILES string of the molecule is COC(=O)[C@H](C)Sc1nnc(CCC(N)=O)n1CC(C)C. The third kappa shape index (κ3) is 5.37. The van der Waals surface area contributed by atoms with Crippen LogP contribution < -0.4 is 5.73 Å². The summed E-state index contributed by atoms with van der Waals surface area (Å²) in [5.74, 6) is 0.423. The predicted octanol–water partition coefficient (Wildman–Crippen LogP) is 1.01. The molecular formula is C13H22N4O3S. The van der Waals surface area contributed by atoms with Gasteiger partial charge in [0.2, 0.25) is 5.91 Å². The molecule has 0 aromatic carbocycles. The molecule has 0 radical (unpaired) electrons. The maximum atomic E-state index is 11.5. The maximum Gasteiger partial charge on any atom is 0.318 e. The van der Waals surface area contributed by atoms with Crippen LogP contribution >= 0.6 is 11.8 Å². The van der Waals surface area contributed by atoms with Crippen molar-refractivity contribution in [3.8, 4) is 0 Å². The second-order valence-electron chi connectivity index (χ2n) is 5.15. The molecule has 0 saturated heterocycles. The summed E-state index contributed by atoms with van der Waals surface area (Å²) in [6.07, 6.45) is 0.676. The average Bonchev–Trinajstić information content (AvgIpc) is 2.77. The summed E-state index contributed by atoms with van der Waals surface area (Å²) in [5.41, 5.74) is 5.17. The van der Waals surface area contributed by atoms with Gasteiger partial charge in [0.15, 0.2) is 5.16 Å². The van der Waals surface area contributed by atoms with Crippen LogP contribution in [-0.2, 0) is 27.3 Å². The number of carbonyl (C=O) groups excluding carboxylic acids is 2. The molecule has 0 spiro atoms. The van der Waals surface area contributed by atoms with Gasteiger partial charge in [-0.3, -0.25) is 9.59 Å². The Labute approximate surface area is 128 Å². The Kier molecular flexibility index (Phi) is 6.67. The largest absolute Gasteiger partial charge is 0.468 e. The highest BCUT2D eigenvalue weighted by Crippen LogP contribution is 2.24. The van der Waals surface area contributed by atoms with Crippen molar-refractivity contribution in [1.82, 2.24) is 14.8 Å². The lowest BCUT2D eigenvalue weighted by Crippen LogP contribution is -2.18. The van der Waals surface area contributed by atoms with Gasteiger partial charge in [-0.05, 0) is 12.8 Å². The second-order valence-corrected chi connectivity index (χ2v) is 6.46. The minimum atomic E-state index is -0.369. The van der Waals surface area contributed by atoms with Gasteiger partial charge in [0.25, 0.3) is 0 Å². The highest BCUT2D eigenvalue weighted by atomic mass is 32.2. The number of nitrogens with zero attached hydrogens (tertiary/aromatic N) is 3. The molecule has 7 nitrogen and oxygen atoms in total. The van der Waals surface area contributed by atoms with Crippen molar-refractivity contribution in [1.29, 1.82) is 0 Å². The first-order valence-corrected chi connectivity index (χ1v) is 7.68. The lowest BCUT2D eigenvalue weighted by Gasteiger charge is -2.13. The molecule has 1 amide bonds. The highest BCUT2D eigenvalue weighted by molar-refractivity contribution is 8.00. The zero-order valence-corrected chi connectivity index (χ0v) is 13.6. The van der Waals surface area contributed by atoms with Gasteiger partial charge in [-0.1, -0.05) is 25.6 Å². The number of hydrogen-bond donors (Lipinski definition) is 1. The Morgan fingerprint density at radius 2 is 2.00 bits per heavy atom. The van der Waals surface area contributed by atoms with Gasteiger partial charge >= 0.3 is 5.97 Å². The van der Waals surface area contributed by atoms with Crippen LogP contribution in [0.3, 0.4) is 0 Å². The summed E-state index contributed by atoms with van der Waals surface area (Å²) >= 11 is 1.30. The van der Waals surface area contributed by atoms with Crippen molar-refractivity contribution in [2.45, 2.75) is 50.6 Å². The third-order valence-corrected chi connectivity index (χ3v) is 3.81. The fourth-order valence-corrected chi connectivity index (χ4v) is 2.65. The minimum Gasteiger partial charge on any atom is -0.468 e. The van der Waals surface area contributed by atoms with Crippen molar-refractivity contribution in [2.75, 3.05) is 7.11 Å². The van der Waals surface area contributed by atoms with Crippen LogP contribution in [0.2, 0.25) is 0 Å². The van der Waals surface area contributed by atoms with Crippen LogP contribution in [0.15, 0.2) is 5.16 Å². The van der Waals surface area contributed by atoms with Gasteiger partial charge in [0, 0.05) is 19.4 Å². The number of aromatic nitrogens is 3.